The van der Waals surface area contributed by atoms with Gasteiger partial charge in [-0.05, 0) is 48.9 Å². The minimum atomic E-state index is -0.424. The molecule has 0 aliphatic heterocycles. The van der Waals surface area contributed by atoms with E-state index >= 15 is 0 Å². The van der Waals surface area contributed by atoms with Crippen molar-refractivity contribution in [3.8, 4) is 0 Å². The standard InChI is InChI=1S/C16H16ClFN2O/c1-10(12-3-8-16(18)15(17)9-12)19-13-4-6-14(7-5-13)20-11(2)21/h3-10,19H,1-2H3,(H,20,21). The lowest BCUT2D eigenvalue weighted by Crippen LogP contribution is -2.08. The molecule has 0 spiro atoms. The molecule has 2 aromatic rings. The number of nitrogens with one attached hydrogen (secondary N) is 2. The SMILES string of the molecule is CC(=O)Nc1ccc(NC(C)c2ccc(F)c(Cl)c2)cc1. The maximum absolute atomic E-state index is 13.2. The monoisotopic (exact) mass is 306 g/mol. The second kappa shape index (κ2) is 6.59. The Kier molecular flexibility index (Phi) is 4.81. The van der Waals surface area contributed by atoms with Crippen LogP contribution in [-0.4, -0.2) is 5.91 Å². The highest BCUT2D eigenvalue weighted by atomic mass is 35.5. The number of hydrogen-bond acceptors (Lipinski definition) is 2. The van der Waals surface area contributed by atoms with Crippen LogP contribution < -0.4 is 10.6 Å². The molecule has 0 heterocycles. The zero-order chi connectivity index (χ0) is 15.4. The number of hydrogen-bond donors (Lipinski definition) is 2. The van der Waals surface area contributed by atoms with Crippen molar-refractivity contribution in [3.63, 3.8) is 0 Å². The average Bonchev–Trinajstić information content (AvgIpc) is 2.43. The van der Waals surface area contributed by atoms with Crippen LogP contribution in [0.15, 0.2) is 42.5 Å². The smallest absolute Gasteiger partial charge is 0.221 e. The Hall–Kier alpha value is -2.07. The van der Waals surface area contributed by atoms with E-state index in [4.69, 9.17) is 11.6 Å². The topological polar surface area (TPSA) is 41.1 Å². The molecule has 0 saturated carbocycles. The maximum atomic E-state index is 13.2. The van der Waals surface area contributed by atoms with Gasteiger partial charge >= 0.3 is 0 Å². The molecule has 0 radical (unpaired) electrons. The van der Waals surface area contributed by atoms with E-state index in [1.165, 1.54) is 13.0 Å². The van der Waals surface area contributed by atoms with Crippen LogP contribution in [-0.2, 0) is 4.79 Å². The lowest BCUT2D eigenvalue weighted by molar-refractivity contribution is -0.114. The van der Waals surface area contributed by atoms with Gasteiger partial charge in [0, 0.05) is 24.3 Å². The van der Waals surface area contributed by atoms with E-state index < -0.39 is 5.82 Å². The number of halogens is 2. The number of benzene rings is 2. The van der Waals surface area contributed by atoms with Crippen LogP contribution in [0.4, 0.5) is 15.8 Å². The van der Waals surface area contributed by atoms with Crippen LogP contribution in [0.25, 0.3) is 0 Å². The van der Waals surface area contributed by atoms with Gasteiger partial charge in [-0.3, -0.25) is 4.79 Å². The predicted octanol–water partition coefficient (Wildman–Crippen LogP) is 4.61. The van der Waals surface area contributed by atoms with Gasteiger partial charge in [0.2, 0.25) is 5.91 Å². The third-order valence-electron chi connectivity index (χ3n) is 3.03. The normalized spacial score (nSPS) is 11.8. The van der Waals surface area contributed by atoms with Crippen molar-refractivity contribution in [2.24, 2.45) is 0 Å². The number of anilines is 2. The summed E-state index contributed by atoms with van der Waals surface area (Å²) in [6.45, 7) is 3.43. The first-order chi connectivity index (χ1) is 9.95. The molecule has 2 N–H and O–H groups in total. The van der Waals surface area contributed by atoms with Crippen molar-refractivity contribution in [1.82, 2.24) is 0 Å². The van der Waals surface area contributed by atoms with Gasteiger partial charge < -0.3 is 10.6 Å². The highest BCUT2D eigenvalue weighted by Gasteiger charge is 2.08. The van der Waals surface area contributed by atoms with Crippen LogP contribution in [0.2, 0.25) is 5.02 Å². The van der Waals surface area contributed by atoms with Crippen molar-refractivity contribution in [3.05, 3.63) is 58.9 Å². The summed E-state index contributed by atoms with van der Waals surface area (Å²) in [4.78, 5) is 11.0. The van der Waals surface area contributed by atoms with E-state index in [0.717, 1.165) is 16.9 Å². The Bertz CT molecular complexity index is 643. The number of rotatable bonds is 4. The quantitative estimate of drug-likeness (QED) is 0.866. The van der Waals surface area contributed by atoms with Gasteiger partial charge in [-0.25, -0.2) is 4.39 Å². The summed E-state index contributed by atoms with van der Waals surface area (Å²) >= 11 is 5.79. The van der Waals surface area contributed by atoms with E-state index in [-0.39, 0.29) is 17.0 Å². The first kappa shape index (κ1) is 15.3. The fourth-order valence-corrected chi connectivity index (χ4v) is 2.16. The molecule has 0 aliphatic carbocycles. The van der Waals surface area contributed by atoms with E-state index in [1.807, 2.05) is 31.2 Å². The Morgan fingerprint density at radius 2 is 1.76 bits per heavy atom. The Morgan fingerprint density at radius 3 is 2.33 bits per heavy atom. The molecule has 0 bridgehead atoms. The van der Waals surface area contributed by atoms with Crippen LogP contribution in [0.5, 0.6) is 0 Å². The molecule has 0 fully saturated rings. The van der Waals surface area contributed by atoms with Crippen LogP contribution in [0.3, 0.4) is 0 Å². The van der Waals surface area contributed by atoms with Gasteiger partial charge in [-0.2, -0.15) is 0 Å². The van der Waals surface area contributed by atoms with Gasteiger partial charge in [-0.1, -0.05) is 17.7 Å². The van der Waals surface area contributed by atoms with E-state index in [2.05, 4.69) is 10.6 Å². The highest BCUT2D eigenvalue weighted by Crippen LogP contribution is 2.24. The summed E-state index contributed by atoms with van der Waals surface area (Å²) in [5, 5.41) is 6.11. The second-order valence-corrected chi connectivity index (χ2v) is 5.21. The molecular formula is C16H16ClFN2O. The zero-order valence-corrected chi connectivity index (χ0v) is 12.5. The zero-order valence-electron chi connectivity index (χ0n) is 11.8. The first-order valence-corrected chi connectivity index (χ1v) is 6.92. The molecule has 21 heavy (non-hydrogen) atoms. The minimum absolute atomic E-state index is 0.0188. The summed E-state index contributed by atoms with van der Waals surface area (Å²) in [7, 11) is 0. The lowest BCUT2D eigenvalue weighted by atomic mass is 10.1. The first-order valence-electron chi connectivity index (χ1n) is 6.55. The maximum Gasteiger partial charge on any atom is 0.221 e. The van der Waals surface area contributed by atoms with E-state index in [0.29, 0.717) is 0 Å². The Balaban J connectivity index is 2.06. The summed E-state index contributed by atoms with van der Waals surface area (Å²) in [6.07, 6.45) is 0. The van der Waals surface area contributed by atoms with Crippen molar-refractivity contribution in [2.75, 3.05) is 10.6 Å². The van der Waals surface area contributed by atoms with Crippen molar-refractivity contribution < 1.29 is 9.18 Å². The van der Waals surface area contributed by atoms with Crippen LogP contribution >= 0.6 is 11.6 Å². The fourth-order valence-electron chi connectivity index (χ4n) is 1.97. The third kappa shape index (κ3) is 4.20. The predicted molar refractivity (Wildman–Crippen MR) is 84.2 cm³/mol. The van der Waals surface area contributed by atoms with Crippen molar-refractivity contribution in [2.45, 2.75) is 19.9 Å². The molecule has 2 aromatic carbocycles. The Labute approximate surface area is 128 Å². The number of carbonyl (C=O) groups is 1. The van der Waals surface area contributed by atoms with Gasteiger partial charge in [0.15, 0.2) is 0 Å². The minimum Gasteiger partial charge on any atom is -0.379 e. The summed E-state index contributed by atoms with van der Waals surface area (Å²) in [6, 6.07) is 12.0. The molecular weight excluding hydrogens is 291 g/mol. The Morgan fingerprint density at radius 1 is 1.14 bits per heavy atom. The van der Waals surface area contributed by atoms with Crippen molar-refractivity contribution >= 4 is 28.9 Å². The van der Waals surface area contributed by atoms with Gasteiger partial charge in [-0.15, -0.1) is 0 Å². The molecule has 1 atom stereocenters. The van der Waals surface area contributed by atoms with E-state index in [1.54, 1.807) is 12.1 Å². The van der Waals surface area contributed by atoms with Crippen LogP contribution in [0.1, 0.15) is 25.5 Å². The molecule has 1 amide bonds. The summed E-state index contributed by atoms with van der Waals surface area (Å²) in [5.74, 6) is -0.530. The van der Waals surface area contributed by atoms with Gasteiger partial charge in [0.05, 0.1) is 5.02 Å². The lowest BCUT2D eigenvalue weighted by Gasteiger charge is -2.16. The van der Waals surface area contributed by atoms with E-state index in [9.17, 15) is 9.18 Å². The highest BCUT2D eigenvalue weighted by molar-refractivity contribution is 6.30. The molecule has 5 heteroatoms. The molecule has 1 unspecified atom stereocenters. The summed E-state index contributed by atoms with van der Waals surface area (Å²) < 4.78 is 13.2. The fraction of sp³-hybridized carbons (Fsp3) is 0.188. The molecule has 110 valence electrons. The van der Waals surface area contributed by atoms with Gasteiger partial charge in [0.1, 0.15) is 5.82 Å². The average molecular weight is 307 g/mol. The molecule has 2 rings (SSSR count). The molecule has 0 aromatic heterocycles. The number of amides is 1. The second-order valence-electron chi connectivity index (χ2n) is 4.80. The van der Waals surface area contributed by atoms with Crippen molar-refractivity contribution in [1.29, 1.82) is 0 Å². The van der Waals surface area contributed by atoms with Gasteiger partial charge in [0.25, 0.3) is 0 Å². The number of carbonyl (C=O) groups excluding carboxylic acids is 1. The molecule has 0 aliphatic rings. The van der Waals surface area contributed by atoms with Crippen LogP contribution in [0, 0.1) is 5.82 Å². The third-order valence-corrected chi connectivity index (χ3v) is 3.32. The largest absolute Gasteiger partial charge is 0.379 e. The summed E-state index contributed by atoms with van der Waals surface area (Å²) in [5.41, 5.74) is 2.54. The molecule has 3 nitrogen and oxygen atoms in total. The molecule has 0 saturated heterocycles.